The van der Waals surface area contributed by atoms with Gasteiger partial charge in [0.05, 0.1) is 29.6 Å². The number of thiophene rings is 1. The molecule has 0 saturated carbocycles. The lowest BCUT2D eigenvalue weighted by Crippen LogP contribution is -2.53. The van der Waals surface area contributed by atoms with Crippen molar-refractivity contribution in [2.24, 2.45) is 0 Å². The summed E-state index contributed by atoms with van der Waals surface area (Å²) < 4.78 is 6.96. The largest absolute Gasteiger partial charge is 0.381 e. The van der Waals surface area contributed by atoms with Gasteiger partial charge in [0.1, 0.15) is 11.7 Å². The van der Waals surface area contributed by atoms with Crippen molar-refractivity contribution >= 4 is 39.4 Å². The number of carbonyl (C=O) groups is 1. The van der Waals surface area contributed by atoms with Crippen LogP contribution in [-0.4, -0.2) is 92.2 Å². The maximum absolute atomic E-state index is 12.3. The Bertz CT molecular complexity index is 1190. The molecule has 2 aliphatic rings. The van der Waals surface area contributed by atoms with E-state index in [9.17, 15) is 9.90 Å². The molecule has 186 valence electrons. The van der Waals surface area contributed by atoms with Crippen LogP contribution in [0.15, 0.2) is 24.7 Å². The normalized spacial score (nSPS) is 19.9. The molecule has 0 bridgehead atoms. The van der Waals surface area contributed by atoms with E-state index in [4.69, 9.17) is 15.5 Å². The molecular formula is C23H30N8O3S. The third-order valence-electron chi connectivity index (χ3n) is 6.28. The SMILES string of the molecule is CC(C)(O)C(=O)N1CCN(Cc2cc3nc(N4CCOC(c5cnc(N)nc5)C4)ncc3s2)CC1. The van der Waals surface area contributed by atoms with Gasteiger partial charge in [-0.3, -0.25) is 9.69 Å². The number of nitrogens with two attached hydrogens (primary N) is 1. The molecule has 3 N–H and O–H groups in total. The smallest absolute Gasteiger partial charge is 0.254 e. The fourth-order valence-electron chi connectivity index (χ4n) is 4.37. The Labute approximate surface area is 207 Å². The molecule has 2 aliphatic heterocycles. The zero-order valence-electron chi connectivity index (χ0n) is 19.9. The summed E-state index contributed by atoms with van der Waals surface area (Å²) in [4.78, 5) is 37.3. The van der Waals surface area contributed by atoms with E-state index >= 15 is 0 Å². The lowest BCUT2D eigenvalue weighted by molar-refractivity contribution is -0.149. The van der Waals surface area contributed by atoms with Crippen molar-refractivity contribution in [1.82, 2.24) is 29.7 Å². The summed E-state index contributed by atoms with van der Waals surface area (Å²) in [6.45, 7) is 8.56. The van der Waals surface area contributed by atoms with Gasteiger partial charge in [-0.15, -0.1) is 11.3 Å². The van der Waals surface area contributed by atoms with Crippen LogP contribution in [0.3, 0.4) is 0 Å². The maximum Gasteiger partial charge on any atom is 0.254 e. The Hall–Kier alpha value is -2.93. The Morgan fingerprint density at radius 3 is 2.63 bits per heavy atom. The molecule has 0 aliphatic carbocycles. The zero-order chi connectivity index (χ0) is 24.6. The number of piperazine rings is 1. The van der Waals surface area contributed by atoms with Crippen molar-refractivity contribution in [2.75, 3.05) is 56.5 Å². The molecule has 2 fully saturated rings. The summed E-state index contributed by atoms with van der Waals surface area (Å²) in [6, 6.07) is 2.13. The summed E-state index contributed by atoms with van der Waals surface area (Å²) in [5.41, 5.74) is 6.09. The molecule has 11 nitrogen and oxygen atoms in total. The van der Waals surface area contributed by atoms with Crippen LogP contribution in [0, 0.1) is 0 Å². The highest BCUT2D eigenvalue weighted by atomic mass is 32.1. The first-order valence-electron chi connectivity index (χ1n) is 11.7. The van der Waals surface area contributed by atoms with Crippen molar-refractivity contribution in [3.8, 4) is 0 Å². The van der Waals surface area contributed by atoms with Crippen LogP contribution >= 0.6 is 11.3 Å². The Morgan fingerprint density at radius 2 is 1.91 bits per heavy atom. The third-order valence-corrected chi connectivity index (χ3v) is 7.33. The molecule has 3 aromatic rings. The minimum absolute atomic E-state index is 0.163. The molecule has 0 radical (unpaired) electrons. The summed E-state index contributed by atoms with van der Waals surface area (Å²) in [6.07, 6.45) is 5.13. The number of nitrogens with zero attached hydrogens (tertiary/aromatic N) is 7. The van der Waals surface area contributed by atoms with E-state index in [1.54, 1.807) is 28.6 Å². The topological polar surface area (TPSA) is 134 Å². The lowest BCUT2D eigenvalue weighted by Gasteiger charge is -2.36. The number of aliphatic hydroxyl groups is 1. The van der Waals surface area contributed by atoms with Crippen molar-refractivity contribution in [3.63, 3.8) is 0 Å². The maximum atomic E-state index is 12.3. The van der Waals surface area contributed by atoms with Crippen LogP contribution in [0.1, 0.15) is 30.4 Å². The van der Waals surface area contributed by atoms with Crippen LogP contribution in [0.4, 0.5) is 11.9 Å². The van der Waals surface area contributed by atoms with Gasteiger partial charge in [-0.1, -0.05) is 0 Å². The standard InChI is InChI=1S/C23H30N8O3S/c1-23(2,33)20(32)30-5-3-29(4-6-30)13-16-9-17-19(35-16)12-27-22(28-17)31-7-8-34-18(14-31)15-10-25-21(24)26-11-15/h9-12,18,33H,3-8,13-14H2,1-2H3,(H2,24,25,26). The number of fused-ring (bicyclic) bond motifs is 1. The van der Waals surface area contributed by atoms with Crippen LogP contribution in [-0.2, 0) is 16.1 Å². The van der Waals surface area contributed by atoms with Gasteiger partial charge in [-0.05, 0) is 19.9 Å². The fraction of sp³-hybridized carbons (Fsp3) is 0.522. The molecule has 3 aromatic heterocycles. The summed E-state index contributed by atoms with van der Waals surface area (Å²) in [7, 11) is 0. The molecule has 35 heavy (non-hydrogen) atoms. The Morgan fingerprint density at radius 1 is 1.17 bits per heavy atom. The van der Waals surface area contributed by atoms with Crippen molar-refractivity contribution in [3.05, 3.63) is 35.1 Å². The zero-order valence-corrected chi connectivity index (χ0v) is 20.7. The molecule has 5 heterocycles. The highest BCUT2D eigenvalue weighted by Gasteiger charge is 2.31. The van der Waals surface area contributed by atoms with E-state index in [2.05, 4.69) is 30.8 Å². The van der Waals surface area contributed by atoms with E-state index in [1.165, 1.54) is 18.7 Å². The molecule has 12 heteroatoms. The average Bonchev–Trinajstić information content (AvgIpc) is 3.25. The van der Waals surface area contributed by atoms with E-state index in [-0.39, 0.29) is 18.0 Å². The van der Waals surface area contributed by atoms with Crippen molar-refractivity contribution < 1.29 is 14.6 Å². The second-order valence-electron chi connectivity index (χ2n) is 9.44. The van der Waals surface area contributed by atoms with E-state index in [0.29, 0.717) is 38.7 Å². The number of hydrogen-bond donors (Lipinski definition) is 2. The first-order valence-corrected chi connectivity index (χ1v) is 12.5. The highest BCUT2D eigenvalue weighted by Crippen LogP contribution is 2.29. The van der Waals surface area contributed by atoms with E-state index in [1.807, 2.05) is 6.20 Å². The number of nitrogen functional groups attached to an aromatic ring is 1. The van der Waals surface area contributed by atoms with E-state index < -0.39 is 5.60 Å². The first-order chi connectivity index (χ1) is 16.8. The van der Waals surface area contributed by atoms with Crippen LogP contribution in [0.5, 0.6) is 0 Å². The second-order valence-corrected chi connectivity index (χ2v) is 10.6. The van der Waals surface area contributed by atoms with Crippen molar-refractivity contribution in [1.29, 1.82) is 0 Å². The van der Waals surface area contributed by atoms with Gasteiger partial charge >= 0.3 is 0 Å². The van der Waals surface area contributed by atoms with Gasteiger partial charge in [0, 0.05) is 62.1 Å². The number of amides is 1. The highest BCUT2D eigenvalue weighted by molar-refractivity contribution is 7.18. The Kier molecular flexibility index (Phi) is 6.53. The van der Waals surface area contributed by atoms with Gasteiger partial charge < -0.3 is 25.4 Å². The van der Waals surface area contributed by atoms with Crippen LogP contribution in [0.2, 0.25) is 0 Å². The number of anilines is 2. The van der Waals surface area contributed by atoms with Gasteiger partial charge in [-0.25, -0.2) is 19.9 Å². The molecule has 0 spiro atoms. The summed E-state index contributed by atoms with van der Waals surface area (Å²) >= 11 is 1.70. The van der Waals surface area contributed by atoms with Gasteiger partial charge in [0.2, 0.25) is 11.9 Å². The quantitative estimate of drug-likeness (QED) is 0.526. The monoisotopic (exact) mass is 498 g/mol. The molecule has 5 rings (SSSR count). The van der Waals surface area contributed by atoms with Crippen LogP contribution < -0.4 is 10.6 Å². The van der Waals surface area contributed by atoms with Gasteiger partial charge in [0.25, 0.3) is 5.91 Å². The predicted molar refractivity (Wildman–Crippen MR) is 133 cm³/mol. The average molecular weight is 499 g/mol. The fourth-order valence-corrected chi connectivity index (χ4v) is 5.39. The number of carbonyl (C=O) groups excluding carboxylic acids is 1. The molecule has 1 amide bonds. The summed E-state index contributed by atoms with van der Waals surface area (Å²) in [5.74, 6) is 0.717. The van der Waals surface area contributed by atoms with E-state index in [0.717, 1.165) is 35.4 Å². The molecule has 2 saturated heterocycles. The number of aromatic nitrogens is 4. The number of morpholine rings is 1. The van der Waals surface area contributed by atoms with Gasteiger partial charge in [0.15, 0.2) is 0 Å². The molecule has 1 atom stereocenters. The Balaban J connectivity index is 1.23. The molecule has 1 unspecified atom stereocenters. The minimum atomic E-state index is -1.33. The second kappa shape index (κ2) is 9.61. The predicted octanol–water partition coefficient (Wildman–Crippen LogP) is 1.06. The minimum Gasteiger partial charge on any atom is -0.381 e. The first kappa shape index (κ1) is 23.8. The van der Waals surface area contributed by atoms with Gasteiger partial charge in [-0.2, -0.15) is 0 Å². The number of hydrogen-bond acceptors (Lipinski definition) is 11. The molecule has 0 aromatic carbocycles. The number of rotatable bonds is 5. The summed E-state index contributed by atoms with van der Waals surface area (Å²) in [5, 5.41) is 9.98. The number of ether oxygens (including phenoxy) is 1. The van der Waals surface area contributed by atoms with Crippen molar-refractivity contribution in [2.45, 2.75) is 32.1 Å². The molecular weight excluding hydrogens is 468 g/mol. The third kappa shape index (κ3) is 5.35. The van der Waals surface area contributed by atoms with Crippen LogP contribution in [0.25, 0.3) is 10.2 Å². The lowest BCUT2D eigenvalue weighted by atomic mass is 10.1.